The number of nitrogens with zero attached hydrogens (tertiary/aromatic N) is 2. The summed E-state index contributed by atoms with van der Waals surface area (Å²) >= 11 is 10.7. The minimum absolute atomic E-state index is 0.234. The van der Waals surface area contributed by atoms with E-state index in [1.54, 1.807) is 0 Å². The summed E-state index contributed by atoms with van der Waals surface area (Å²) in [6, 6.07) is 0.748. The van der Waals surface area contributed by atoms with Gasteiger partial charge in [0, 0.05) is 6.07 Å². The van der Waals surface area contributed by atoms with Crippen molar-refractivity contribution in [1.82, 2.24) is 4.98 Å². The van der Waals surface area contributed by atoms with Crippen LogP contribution in [0.1, 0.15) is 12.1 Å². The molecule has 0 aromatic carbocycles. The SMILES string of the molecule is O=[N+]([O-])c1cc(Cl)c(Cl)nc1C(F)F. The van der Waals surface area contributed by atoms with Crippen LogP contribution < -0.4 is 0 Å². The third-order valence-electron chi connectivity index (χ3n) is 1.34. The zero-order valence-electron chi connectivity index (χ0n) is 6.38. The van der Waals surface area contributed by atoms with E-state index in [0.29, 0.717) is 0 Å². The molecule has 76 valence electrons. The Morgan fingerprint density at radius 3 is 2.50 bits per heavy atom. The highest BCUT2D eigenvalue weighted by molar-refractivity contribution is 6.41. The molecular formula is C6H2Cl2F2N2O2. The molecule has 4 nitrogen and oxygen atoms in total. The Morgan fingerprint density at radius 1 is 1.50 bits per heavy atom. The molecule has 8 heteroatoms. The van der Waals surface area contributed by atoms with Crippen molar-refractivity contribution in [2.24, 2.45) is 0 Å². The van der Waals surface area contributed by atoms with E-state index in [4.69, 9.17) is 23.2 Å². The van der Waals surface area contributed by atoms with Gasteiger partial charge in [-0.25, -0.2) is 13.8 Å². The molecule has 14 heavy (non-hydrogen) atoms. The lowest BCUT2D eigenvalue weighted by atomic mass is 10.3. The average molecular weight is 243 g/mol. The molecule has 0 N–H and O–H groups in total. The second-order valence-corrected chi connectivity index (χ2v) is 2.99. The van der Waals surface area contributed by atoms with E-state index in [9.17, 15) is 18.9 Å². The van der Waals surface area contributed by atoms with Gasteiger partial charge in [-0.3, -0.25) is 10.1 Å². The number of rotatable bonds is 2. The van der Waals surface area contributed by atoms with Crippen LogP contribution in [0.5, 0.6) is 0 Å². The summed E-state index contributed by atoms with van der Waals surface area (Å²) in [6.45, 7) is 0. The number of pyridine rings is 1. The molecule has 0 unspecified atom stereocenters. The number of aromatic nitrogens is 1. The van der Waals surface area contributed by atoms with Crippen LogP contribution in [0.2, 0.25) is 10.2 Å². The molecule has 0 aliphatic carbocycles. The van der Waals surface area contributed by atoms with Crippen LogP contribution in [0.4, 0.5) is 14.5 Å². The molecule has 0 saturated heterocycles. The largest absolute Gasteiger partial charge is 0.298 e. The fraction of sp³-hybridized carbons (Fsp3) is 0.167. The van der Waals surface area contributed by atoms with Crippen LogP contribution in [0.15, 0.2) is 6.07 Å². The molecule has 0 saturated carbocycles. The van der Waals surface area contributed by atoms with Crippen LogP contribution in [0, 0.1) is 10.1 Å². The molecule has 0 atom stereocenters. The number of hydrogen-bond donors (Lipinski definition) is 0. The quantitative estimate of drug-likeness (QED) is 0.455. The third-order valence-corrected chi connectivity index (χ3v) is 2.02. The molecule has 1 rings (SSSR count). The second-order valence-electron chi connectivity index (χ2n) is 2.22. The minimum atomic E-state index is -3.06. The topological polar surface area (TPSA) is 56.0 Å². The molecule has 0 aliphatic heterocycles. The van der Waals surface area contributed by atoms with Crippen LogP contribution in [-0.4, -0.2) is 9.91 Å². The van der Waals surface area contributed by atoms with Crippen molar-refractivity contribution >= 4 is 28.9 Å². The predicted molar refractivity (Wildman–Crippen MR) is 45.9 cm³/mol. The Morgan fingerprint density at radius 2 is 2.07 bits per heavy atom. The number of nitro groups is 1. The summed E-state index contributed by atoms with van der Waals surface area (Å²) in [6.07, 6.45) is -3.06. The van der Waals surface area contributed by atoms with Crippen molar-refractivity contribution < 1.29 is 13.7 Å². The number of halogens is 4. The molecule has 0 aliphatic rings. The first-order valence-electron chi connectivity index (χ1n) is 3.22. The predicted octanol–water partition coefficient (Wildman–Crippen LogP) is 3.23. The monoisotopic (exact) mass is 242 g/mol. The maximum Gasteiger partial charge on any atom is 0.298 e. The fourth-order valence-corrected chi connectivity index (χ4v) is 1.07. The van der Waals surface area contributed by atoms with Gasteiger partial charge < -0.3 is 0 Å². The molecule has 1 aromatic rings. The summed E-state index contributed by atoms with van der Waals surface area (Å²) in [5.41, 5.74) is -1.82. The van der Waals surface area contributed by atoms with Gasteiger partial charge in [0.2, 0.25) is 0 Å². The van der Waals surface area contributed by atoms with Gasteiger partial charge >= 0.3 is 0 Å². The highest BCUT2D eigenvalue weighted by Gasteiger charge is 2.25. The molecule has 1 heterocycles. The van der Waals surface area contributed by atoms with E-state index < -0.39 is 22.7 Å². The lowest BCUT2D eigenvalue weighted by Gasteiger charge is -2.02. The van der Waals surface area contributed by atoms with E-state index in [1.165, 1.54) is 0 Å². The first kappa shape index (κ1) is 11.1. The van der Waals surface area contributed by atoms with E-state index in [2.05, 4.69) is 4.98 Å². The van der Waals surface area contributed by atoms with E-state index in [-0.39, 0.29) is 10.2 Å². The van der Waals surface area contributed by atoms with Crippen molar-refractivity contribution in [2.75, 3.05) is 0 Å². The lowest BCUT2D eigenvalue weighted by Crippen LogP contribution is -1.99. The third kappa shape index (κ3) is 2.08. The molecule has 0 amide bonds. The maximum atomic E-state index is 12.2. The van der Waals surface area contributed by atoms with Gasteiger partial charge in [-0.2, -0.15) is 0 Å². The van der Waals surface area contributed by atoms with Crippen LogP contribution in [0.25, 0.3) is 0 Å². The molecule has 0 spiro atoms. The number of alkyl halides is 2. The van der Waals surface area contributed by atoms with Crippen molar-refractivity contribution in [3.05, 3.63) is 32.1 Å². The van der Waals surface area contributed by atoms with Gasteiger partial charge in [0.15, 0.2) is 5.69 Å². The Bertz CT molecular complexity index is 386. The Kier molecular flexibility index (Phi) is 3.17. The average Bonchev–Trinajstić information content (AvgIpc) is 2.08. The van der Waals surface area contributed by atoms with Gasteiger partial charge in [0.25, 0.3) is 12.1 Å². The van der Waals surface area contributed by atoms with Crippen LogP contribution in [-0.2, 0) is 0 Å². The standard InChI is InChI=1S/C6H2Cl2F2N2O2/c7-2-1-3(12(13)14)4(6(9)10)11-5(2)8/h1,6H. The summed E-state index contributed by atoms with van der Waals surface area (Å²) in [5.74, 6) is 0. The van der Waals surface area contributed by atoms with Crippen LogP contribution in [0.3, 0.4) is 0 Å². The van der Waals surface area contributed by atoms with Crippen molar-refractivity contribution in [3.63, 3.8) is 0 Å². The first-order valence-corrected chi connectivity index (χ1v) is 3.97. The van der Waals surface area contributed by atoms with Crippen molar-refractivity contribution in [1.29, 1.82) is 0 Å². The summed E-state index contributed by atoms with van der Waals surface area (Å²) < 4.78 is 24.5. The van der Waals surface area contributed by atoms with E-state index >= 15 is 0 Å². The van der Waals surface area contributed by atoms with Crippen molar-refractivity contribution in [3.8, 4) is 0 Å². The van der Waals surface area contributed by atoms with Crippen LogP contribution >= 0.6 is 23.2 Å². The molecule has 0 radical (unpaired) electrons. The minimum Gasteiger partial charge on any atom is -0.258 e. The smallest absolute Gasteiger partial charge is 0.258 e. The first-order chi connectivity index (χ1) is 6.43. The van der Waals surface area contributed by atoms with Gasteiger partial charge in [0.1, 0.15) is 5.15 Å². The molecule has 0 fully saturated rings. The van der Waals surface area contributed by atoms with E-state index in [0.717, 1.165) is 6.07 Å². The second kappa shape index (κ2) is 4.02. The molecule has 1 aromatic heterocycles. The highest BCUT2D eigenvalue weighted by atomic mass is 35.5. The Balaban J connectivity index is 3.39. The molecular weight excluding hydrogens is 241 g/mol. The Hall–Kier alpha value is -1.01. The number of hydrogen-bond acceptors (Lipinski definition) is 3. The molecule has 0 bridgehead atoms. The zero-order valence-corrected chi connectivity index (χ0v) is 7.89. The van der Waals surface area contributed by atoms with Crippen molar-refractivity contribution in [2.45, 2.75) is 6.43 Å². The van der Waals surface area contributed by atoms with Gasteiger partial charge in [-0.05, 0) is 0 Å². The van der Waals surface area contributed by atoms with E-state index in [1.807, 2.05) is 0 Å². The normalized spacial score (nSPS) is 10.6. The fourth-order valence-electron chi connectivity index (χ4n) is 0.777. The van der Waals surface area contributed by atoms with Gasteiger partial charge in [-0.1, -0.05) is 23.2 Å². The summed E-state index contributed by atoms with van der Waals surface area (Å²) in [4.78, 5) is 12.5. The van der Waals surface area contributed by atoms with Gasteiger partial charge in [-0.15, -0.1) is 0 Å². The zero-order chi connectivity index (χ0) is 10.9. The summed E-state index contributed by atoms with van der Waals surface area (Å²) in [7, 11) is 0. The Labute approximate surface area is 86.6 Å². The maximum absolute atomic E-state index is 12.2. The summed E-state index contributed by atoms with van der Waals surface area (Å²) in [5, 5.41) is 9.70. The highest BCUT2D eigenvalue weighted by Crippen LogP contribution is 2.32. The lowest BCUT2D eigenvalue weighted by molar-refractivity contribution is -0.386. The van der Waals surface area contributed by atoms with Gasteiger partial charge in [0.05, 0.1) is 9.95 Å².